The van der Waals surface area contributed by atoms with Crippen molar-refractivity contribution in [3.63, 3.8) is 0 Å². The Morgan fingerprint density at radius 1 is 1.39 bits per heavy atom. The van der Waals surface area contributed by atoms with Gasteiger partial charge in [-0.05, 0) is 73.9 Å². The summed E-state index contributed by atoms with van der Waals surface area (Å²) in [5.74, 6) is 0. The van der Waals surface area contributed by atoms with Gasteiger partial charge < -0.3 is 4.74 Å². The van der Waals surface area contributed by atoms with Gasteiger partial charge in [0.1, 0.15) is 5.60 Å². The molecule has 0 saturated carbocycles. The molecule has 0 saturated heterocycles. The first-order valence-electron chi connectivity index (χ1n) is 6.16. The van der Waals surface area contributed by atoms with Gasteiger partial charge in [-0.2, -0.15) is 0 Å². The van der Waals surface area contributed by atoms with Crippen molar-refractivity contribution < 1.29 is 9.53 Å². The first-order chi connectivity index (χ1) is 8.37. The summed E-state index contributed by atoms with van der Waals surface area (Å²) < 4.78 is 6.60. The van der Waals surface area contributed by atoms with Crippen LogP contribution in [0.25, 0.3) is 0 Å². The summed E-state index contributed by atoms with van der Waals surface area (Å²) in [5.41, 5.74) is 1.78. The lowest BCUT2D eigenvalue weighted by atomic mass is 10.0. The molecule has 0 spiro atoms. The smallest absolute Gasteiger partial charge is 0.414 e. The number of carbonyl (C=O) groups excluding carboxylic acids is 1. The molecule has 0 bridgehead atoms. The lowest BCUT2D eigenvalue weighted by Gasteiger charge is -2.31. The zero-order valence-electron chi connectivity index (χ0n) is 11.0. The molecule has 98 valence electrons. The highest BCUT2D eigenvalue weighted by Gasteiger charge is 2.27. The van der Waals surface area contributed by atoms with Crippen LogP contribution in [0, 0.1) is 3.57 Å². The maximum absolute atomic E-state index is 12.2. The number of hydrogen-bond acceptors (Lipinski definition) is 2. The predicted molar refractivity (Wildman–Crippen MR) is 81.1 cm³/mol. The molecule has 1 amide bonds. The maximum Gasteiger partial charge on any atom is 0.414 e. The summed E-state index contributed by atoms with van der Waals surface area (Å²) >= 11 is 2.27. The first-order valence-corrected chi connectivity index (χ1v) is 7.24. The van der Waals surface area contributed by atoms with E-state index in [9.17, 15) is 4.79 Å². The lowest BCUT2D eigenvalue weighted by Crippen LogP contribution is -2.39. The summed E-state index contributed by atoms with van der Waals surface area (Å²) in [6.45, 7) is 6.42. The Hall–Kier alpha value is -0.780. The Kier molecular flexibility index (Phi) is 3.84. The number of hydrogen-bond donors (Lipinski definition) is 0. The third-order valence-corrected chi connectivity index (χ3v) is 3.45. The molecule has 1 aliphatic heterocycles. The van der Waals surface area contributed by atoms with Gasteiger partial charge >= 0.3 is 6.09 Å². The Bertz CT molecular complexity index is 465. The molecule has 0 N–H and O–H groups in total. The summed E-state index contributed by atoms with van der Waals surface area (Å²) in [5, 5.41) is 0. The Morgan fingerprint density at radius 2 is 2.11 bits per heavy atom. The molecule has 0 atom stereocenters. The highest BCUT2D eigenvalue weighted by Crippen LogP contribution is 2.30. The van der Waals surface area contributed by atoms with Crippen molar-refractivity contribution >= 4 is 34.4 Å². The van der Waals surface area contributed by atoms with E-state index < -0.39 is 5.60 Å². The van der Waals surface area contributed by atoms with Gasteiger partial charge in [0.25, 0.3) is 0 Å². The van der Waals surface area contributed by atoms with Gasteiger partial charge in [0.05, 0.1) is 5.69 Å². The van der Waals surface area contributed by atoms with E-state index in [1.54, 1.807) is 4.90 Å². The molecule has 1 aliphatic rings. The minimum absolute atomic E-state index is 0.245. The average molecular weight is 359 g/mol. The van der Waals surface area contributed by atoms with Crippen LogP contribution in [0.15, 0.2) is 18.2 Å². The fourth-order valence-corrected chi connectivity index (χ4v) is 2.53. The van der Waals surface area contributed by atoms with E-state index in [4.69, 9.17) is 4.74 Å². The van der Waals surface area contributed by atoms with Crippen LogP contribution >= 0.6 is 22.6 Å². The first kappa shape index (κ1) is 13.6. The Morgan fingerprint density at radius 3 is 2.78 bits per heavy atom. The third-order valence-electron chi connectivity index (χ3n) is 2.78. The van der Waals surface area contributed by atoms with Gasteiger partial charge in [0.15, 0.2) is 0 Å². The third kappa shape index (κ3) is 3.16. The summed E-state index contributed by atoms with van der Waals surface area (Å²) in [6.07, 6.45) is 1.78. The molecule has 0 radical (unpaired) electrons. The van der Waals surface area contributed by atoms with Gasteiger partial charge in [-0.15, -0.1) is 0 Å². The summed E-state index contributed by atoms with van der Waals surface area (Å²) in [7, 11) is 0. The van der Waals surface area contributed by atoms with Crippen LogP contribution in [0.5, 0.6) is 0 Å². The number of halogens is 1. The van der Waals surface area contributed by atoms with Gasteiger partial charge in [-0.3, -0.25) is 4.90 Å². The zero-order valence-corrected chi connectivity index (χ0v) is 13.2. The molecule has 1 heterocycles. The topological polar surface area (TPSA) is 29.5 Å². The minimum atomic E-state index is -0.448. The van der Waals surface area contributed by atoms with Gasteiger partial charge in [0.2, 0.25) is 0 Å². The number of rotatable bonds is 0. The Balaban J connectivity index is 2.27. The molecule has 2 rings (SSSR count). The van der Waals surface area contributed by atoms with Crippen LogP contribution in [0.4, 0.5) is 10.5 Å². The van der Waals surface area contributed by atoms with Crippen LogP contribution in [-0.4, -0.2) is 18.2 Å². The van der Waals surface area contributed by atoms with E-state index in [-0.39, 0.29) is 6.09 Å². The number of benzene rings is 1. The molecule has 3 nitrogen and oxygen atoms in total. The van der Waals surface area contributed by atoms with Crippen molar-refractivity contribution in [2.24, 2.45) is 0 Å². The van der Waals surface area contributed by atoms with Crippen molar-refractivity contribution in [2.75, 3.05) is 11.4 Å². The number of amides is 1. The molecule has 0 aliphatic carbocycles. The van der Waals surface area contributed by atoms with Crippen LogP contribution in [0.3, 0.4) is 0 Å². The highest BCUT2D eigenvalue weighted by atomic mass is 127. The lowest BCUT2D eigenvalue weighted by molar-refractivity contribution is 0.0578. The standard InChI is InChI=1S/C14H18INO2/c1-14(2,3)18-13(17)16-8-4-5-10-6-7-11(15)9-12(10)16/h6-7,9H,4-5,8H2,1-3H3. The average Bonchev–Trinajstić information content (AvgIpc) is 2.25. The second-order valence-corrected chi connectivity index (χ2v) is 6.75. The fourth-order valence-electron chi connectivity index (χ4n) is 2.05. The van der Waals surface area contributed by atoms with Crippen molar-refractivity contribution in [3.8, 4) is 0 Å². The number of nitrogens with zero attached hydrogens (tertiary/aromatic N) is 1. The number of carbonyl (C=O) groups is 1. The largest absolute Gasteiger partial charge is 0.443 e. The Labute approximate surface area is 122 Å². The van der Waals surface area contributed by atoms with E-state index in [0.29, 0.717) is 0 Å². The molecule has 0 fully saturated rings. The second-order valence-electron chi connectivity index (χ2n) is 5.51. The van der Waals surface area contributed by atoms with Crippen LogP contribution in [-0.2, 0) is 11.2 Å². The van der Waals surface area contributed by atoms with E-state index >= 15 is 0 Å². The number of fused-ring (bicyclic) bond motifs is 1. The molecular weight excluding hydrogens is 341 g/mol. The van der Waals surface area contributed by atoms with Gasteiger partial charge in [-0.1, -0.05) is 6.07 Å². The highest BCUT2D eigenvalue weighted by molar-refractivity contribution is 14.1. The molecule has 1 aromatic carbocycles. The number of aryl methyl sites for hydroxylation is 1. The second kappa shape index (κ2) is 5.07. The number of ether oxygens (including phenoxy) is 1. The zero-order chi connectivity index (χ0) is 13.3. The van der Waals surface area contributed by atoms with Crippen LogP contribution in [0.1, 0.15) is 32.8 Å². The van der Waals surface area contributed by atoms with Crippen molar-refractivity contribution in [3.05, 3.63) is 27.3 Å². The molecule has 18 heavy (non-hydrogen) atoms. The maximum atomic E-state index is 12.2. The van der Waals surface area contributed by atoms with E-state index in [1.807, 2.05) is 20.8 Å². The van der Waals surface area contributed by atoms with Crippen LogP contribution in [0.2, 0.25) is 0 Å². The van der Waals surface area contributed by atoms with E-state index in [2.05, 4.69) is 40.8 Å². The molecule has 0 aromatic heterocycles. The minimum Gasteiger partial charge on any atom is -0.443 e. The number of anilines is 1. The normalized spacial score (nSPS) is 15.2. The van der Waals surface area contributed by atoms with Crippen molar-refractivity contribution in [2.45, 2.75) is 39.2 Å². The van der Waals surface area contributed by atoms with Gasteiger partial charge in [-0.25, -0.2) is 4.79 Å². The van der Waals surface area contributed by atoms with Crippen molar-refractivity contribution in [1.82, 2.24) is 0 Å². The van der Waals surface area contributed by atoms with E-state index in [0.717, 1.165) is 28.6 Å². The quantitative estimate of drug-likeness (QED) is 0.656. The van der Waals surface area contributed by atoms with E-state index in [1.165, 1.54) is 5.56 Å². The molecule has 1 aromatic rings. The van der Waals surface area contributed by atoms with Crippen LogP contribution < -0.4 is 4.90 Å². The SMILES string of the molecule is CC(C)(C)OC(=O)N1CCCc2ccc(I)cc21. The van der Waals surface area contributed by atoms with Crippen molar-refractivity contribution in [1.29, 1.82) is 0 Å². The summed E-state index contributed by atoms with van der Waals surface area (Å²) in [4.78, 5) is 13.9. The monoisotopic (exact) mass is 359 g/mol. The molecule has 0 unspecified atom stereocenters. The van der Waals surface area contributed by atoms with Gasteiger partial charge in [0, 0.05) is 10.1 Å². The summed E-state index contributed by atoms with van der Waals surface area (Å²) in [6, 6.07) is 6.24. The molecular formula is C14H18INO2. The predicted octanol–water partition coefficient (Wildman–Crippen LogP) is 3.98. The molecule has 4 heteroatoms. The fraction of sp³-hybridized carbons (Fsp3) is 0.500.